The Morgan fingerprint density at radius 1 is 0.204 bits per heavy atom. The molecule has 8 heteroatoms. The Hall–Kier alpha value is -12.9. The minimum Gasteiger partial charge on any atom is -0.455 e. The van der Waals surface area contributed by atoms with Crippen molar-refractivity contribution in [3.8, 4) is 90.6 Å². The first-order valence-electron chi connectivity index (χ1n) is 32.9. The zero-order valence-corrected chi connectivity index (χ0v) is 53.5. The van der Waals surface area contributed by atoms with Crippen molar-refractivity contribution in [2.75, 3.05) is 0 Å². The van der Waals surface area contributed by atoms with Crippen molar-refractivity contribution in [3.05, 3.63) is 328 Å². The maximum absolute atomic E-state index is 6.46. The predicted molar refractivity (Wildman–Crippen MR) is 408 cm³/mol. The third-order valence-electron chi connectivity index (χ3n) is 19.0. The quantitative estimate of drug-likeness (QED) is 0.140. The molecule has 0 spiro atoms. The molecule has 0 aliphatic carbocycles. The predicted octanol–water partition coefficient (Wildman–Crippen LogP) is 24.3. The van der Waals surface area contributed by atoms with Crippen LogP contribution < -0.4 is 0 Å². The lowest BCUT2D eigenvalue weighted by Crippen LogP contribution is -2.00. The van der Waals surface area contributed by atoms with E-state index in [-0.39, 0.29) is 0 Å². The van der Waals surface area contributed by atoms with Crippen LogP contribution in [0.1, 0.15) is 0 Å². The van der Waals surface area contributed by atoms with E-state index in [0.29, 0.717) is 34.9 Å². The first kappa shape index (κ1) is 56.6. The second kappa shape index (κ2) is 23.5. The Balaban J connectivity index is 0.000000137. The highest BCUT2D eigenvalue weighted by molar-refractivity contribution is 7.27. The fraction of sp³-hybridized carbons (Fsp3) is 0. The monoisotopic (exact) mass is 1270 g/mol. The summed E-state index contributed by atoms with van der Waals surface area (Å²) in [5, 5.41) is 19.9. The summed E-state index contributed by atoms with van der Waals surface area (Å²) in [7, 11) is 0. The van der Waals surface area contributed by atoms with Crippen molar-refractivity contribution < 1.29 is 4.42 Å². The number of nitrogens with zero attached hydrogens (tertiary/aromatic N) is 6. The molecule has 0 unspecified atom stereocenters. The van der Waals surface area contributed by atoms with Gasteiger partial charge in [0.15, 0.2) is 34.9 Å². The summed E-state index contributed by atoms with van der Waals surface area (Å²) in [6.07, 6.45) is 0. The minimum atomic E-state index is 0.643. The van der Waals surface area contributed by atoms with Gasteiger partial charge < -0.3 is 4.42 Å². The number of rotatable bonds is 8. The molecule has 7 nitrogen and oxygen atoms in total. The summed E-state index contributed by atoms with van der Waals surface area (Å²) in [6, 6.07) is 115. The molecule has 0 radical (unpaired) electrons. The molecule has 20 rings (SSSR count). The maximum atomic E-state index is 6.46. The first-order valence-corrected chi connectivity index (χ1v) is 33.7. The fourth-order valence-corrected chi connectivity index (χ4v) is 15.6. The molecule has 0 aliphatic rings. The number of para-hydroxylation sites is 1. The van der Waals surface area contributed by atoms with Crippen molar-refractivity contribution >= 4 is 118 Å². The van der Waals surface area contributed by atoms with Gasteiger partial charge in [-0.1, -0.05) is 291 Å². The van der Waals surface area contributed by atoms with Crippen LogP contribution in [0, 0.1) is 0 Å². The highest BCUT2D eigenvalue weighted by atomic mass is 32.1. The normalized spacial score (nSPS) is 11.7. The van der Waals surface area contributed by atoms with Gasteiger partial charge in [-0.2, -0.15) is 0 Å². The number of thiophene rings is 1. The highest BCUT2D eigenvalue weighted by Crippen LogP contribution is 2.48. The van der Waals surface area contributed by atoms with Crippen LogP contribution in [0.4, 0.5) is 0 Å². The number of furan rings is 1. The van der Waals surface area contributed by atoms with Gasteiger partial charge in [-0.05, 0) is 113 Å². The molecule has 0 fully saturated rings. The van der Waals surface area contributed by atoms with E-state index in [1.807, 2.05) is 139 Å². The van der Waals surface area contributed by atoms with Gasteiger partial charge in [0.05, 0.1) is 0 Å². The van der Waals surface area contributed by atoms with Gasteiger partial charge in [0, 0.05) is 75.1 Å². The summed E-state index contributed by atoms with van der Waals surface area (Å²) >= 11 is 1.90. The standard InChI is InChI=1S/C45H27N3O.C45H27N3S/c2*1-3-12-28(13-4-1)43-46-44(29-14-5-2-6-15-29)48-45(47-43)33-17-11-16-30(27-33)31-22-24-34-32(26-31)23-25-38-40(34)35-18-7-8-19-36(35)42-41(38)37-20-9-10-21-39(37)49-42/h2*1-27H. The number of fused-ring (bicyclic) bond motifs is 20. The summed E-state index contributed by atoms with van der Waals surface area (Å²) in [6.45, 7) is 0. The van der Waals surface area contributed by atoms with E-state index in [1.165, 1.54) is 84.8 Å². The molecular formula is C90H54N6OS. The van der Waals surface area contributed by atoms with Gasteiger partial charge in [0.25, 0.3) is 0 Å². The lowest BCUT2D eigenvalue weighted by molar-refractivity contribution is 0.673. The second-order valence-electron chi connectivity index (χ2n) is 24.8. The summed E-state index contributed by atoms with van der Waals surface area (Å²) in [5.74, 6) is 3.92. The molecule has 0 amide bonds. The summed E-state index contributed by atoms with van der Waals surface area (Å²) in [4.78, 5) is 29.6. The van der Waals surface area contributed by atoms with Gasteiger partial charge >= 0.3 is 0 Å². The SMILES string of the molecule is c1ccc(-c2nc(-c3ccccc3)nc(-c3cccc(-c4ccc5c(ccc6c5c5ccccc5c5oc7ccccc7c65)c4)c3)n2)cc1.c1ccc(-c2nc(-c3ccccc3)nc(-c3cccc(-c4ccc5c(ccc6c5c5ccccc5c5sc7ccccc7c65)c4)c3)n2)cc1. The van der Waals surface area contributed by atoms with Crippen LogP contribution in [-0.2, 0) is 0 Å². The average Bonchev–Trinajstić information content (AvgIpc) is 1.59. The Morgan fingerprint density at radius 3 is 1.04 bits per heavy atom. The van der Waals surface area contributed by atoms with Gasteiger partial charge in [0.1, 0.15) is 11.2 Å². The molecule has 0 aliphatic heterocycles. The molecule has 0 bridgehead atoms. The Bertz CT molecular complexity index is 6040. The summed E-state index contributed by atoms with van der Waals surface area (Å²) in [5.41, 5.74) is 12.1. The number of benzene rings is 16. The van der Waals surface area contributed by atoms with Crippen molar-refractivity contribution in [2.24, 2.45) is 0 Å². The molecule has 20 aromatic rings. The molecule has 0 atom stereocenters. The molecular weight excluding hydrogens is 1210 g/mol. The lowest BCUT2D eigenvalue weighted by Gasteiger charge is -2.13. The Morgan fingerprint density at radius 2 is 0.551 bits per heavy atom. The molecule has 0 saturated carbocycles. The molecule has 0 N–H and O–H groups in total. The van der Waals surface area contributed by atoms with Gasteiger partial charge in [0.2, 0.25) is 0 Å². The fourth-order valence-electron chi connectivity index (χ4n) is 14.4. The molecule has 0 saturated heterocycles. The van der Waals surface area contributed by atoms with Crippen molar-refractivity contribution in [1.29, 1.82) is 0 Å². The molecule has 98 heavy (non-hydrogen) atoms. The van der Waals surface area contributed by atoms with Crippen molar-refractivity contribution in [1.82, 2.24) is 29.9 Å². The van der Waals surface area contributed by atoms with Crippen LogP contribution in [0.25, 0.3) is 197 Å². The van der Waals surface area contributed by atoms with Gasteiger partial charge in [-0.3, -0.25) is 0 Å². The minimum absolute atomic E-state index is 0.643. The highest BCUT2D eigenvalue weighted by Gasteiger charge is 2.21. The topological polar surface area (TPSA) is 90.5 Å². The largest absolute Gasteiger partial charge is 0.455 e. The van der Waals surface area contributed by atoms with Crippen LogP contribution in [0.15, 0.2) is 332 Å². The third kappa shape index (κ3) is 9.80. The summed E-state index contributed by atoms with van der Waals surface area (Å²) < 4.78 is 9.15. The molecule has 456 valence electrons. The zero-order chi connectivity index (χ0) is 64.6. The van der Waals surface area contributed by atoms with Crippen LogP contribution >= 0.6 is 11.3 Å². The van der Waals surface area contributed by atoms with Crippen LogP contribution in [0.2, 0.25) is 0 Å². The van der Waals surface area contributed by atoms with E-state index in [2.05, 4.69) is 200 Å². The van der Waals surface area contributed by atoms with Gasteiger partial charge in [-0.25, -0.2) is 29.9 Å². The number of hydrogen-bond donors (Lipinski definition) is 0. The van der Waals surface area contributed by atoms with E-state index >= 15 is 0 Å². The van der Waals surface area contributed by atoms with Crippen LogP contribution in [0.5, 0.6) is 0 Å². The van der Waals surface area contributed by atoms with E-state index in [4.69, 9.17) is 34.3 Å². The third-order valence-corrected chi connectivity index (χ3v) is 20.2. The van der Waals surface area contributed by atoms with Crippen molar-refractivity contribution in [2.45, 2.75) is 0 Å². The van der Waals surface area contributed by atoms with E-state index in [9.17, 15) is 0 Å². The Labute approximate surface area is 567 Å². The van der Waals surface area contributed by atoms with Crippen LogP contribution in [-0.4, -0.2) is 29.9 Å². The Kier molecular flexibility index (Phi) is 13.6. The maximum Gasteiger partial charge on any atom is 0.164 e. The van der Waals surface area contributed by atoms with Crippen LogP contribution in [0.3, 0.4) is 0 Å². The van der Waals surface area contributed by atoms with Crippen molar-refractivity contribution in [3.63, 3.8) is 0 Å². The second-order valence-corrected chi connectivity index (χ2v) is 25.8. The lowest BCUT2D eigenvalue weighted by atomic mass is 9.91. The van der Waals surface area contributed by atoms with E-state index in [0.717, 1.165) is 77.6 Å². The van der Waals surface area contributed by atoms with E-state index < -0.39 is 0 Å². The smallest absolute Gasteiger partial charge is 0.164 e. The first-order chi connectivity index (χ1) is 48.6. The molecule has 16 aromatic carbocycles. The molecule has 4 aromatic heterocycles. The molecule has 4 heterocycles. The number of hydrogen-bond acceptors (Lipinski definition) is 8. The zero-order valence-electron chi connectivity index (χ0n) is 52.7. The van der Waals surface area contributed by atoms with Gasteiger partial charge in [-0.15, -0.1) is 11.3 Å². The number of aromatic nitrogens is 6. The average molecular weight is 1270 g/mol. The van der Waals surface area contributed by atoms with E-state index in [1.54, 1.807) is 0 Å².